The maximum atomic E-state index is 13.0. The number of nitrogens with one attached hydrogen (secondary N) is 1. The van der Waals surface area contributed by atoms with Crippen LogP contribution in [-0.4, -0.2) is 60.8 Å². The highest BCUT2D eigenvalue weighted by molar-refractivity contribution is 7.15. The summed E-state index contributed by atoms with van der Waals surface area (Å²) < 4.78 is 24.7. The molecule has 1 spiro atoms. The third-order valence-corrected chi connectivity index (χ3v) is 6.58. The molecule has 4 rings (SSSR count). The van der Waals surface area contributed by atoms with Gasteiger partial charge in [-0.3, -0.25) is 9.69 Å². The molecule has 0 unspecified atom stereocenters. The second-order valence-corrected chi connectivity index (χ2v) is 8.84. The first kappa shape index (κ1) is 20.4. The van der Waals surface area contributed by atoms with E-state index >= 15 is 0 Å². The molecule has 29 heavy (non-hydrogen) atoms. The summed E-state index contributed by atoms with van der Waals surface area (Å²) in [5.74, 6) is -0.318. The van der Waals surface area contributed by atoms with Gasteiger partial charge < -0.3 is 14.8 Å². The van der Waals surface area contributed by atoms with Crippen molar-refractivity contribution in [2.75, 3.05) is 38.7 Å². The van der Waals surface area contributed by atoms with E-state index in [1.54, 1.807) is 25.4 Å². The van der Waals surface area contributed by atoms with Crippen LogP contribution in [-0.2, 0) is 20.7 Å². The Hall–Kier alpha value is -1.87. The number of likely N-dealkylation sites (tertiary alicyclic amines) is 1. The number of hydrogen-bond acceptors (Lipinski definition) is 6. The topological polar surface area (TPSA) is 63.7 Å². The number of aromatic nitrogens is 1. The molecule has 2 fully saturated rings. The second kappa shape index (κ2) is 8.87. The Balaban J connectivity index is 1.31. The summed E-state index contributed by atoms with van der Waals surface area (Å²) in [5, 5.41) is 3.49. The lowest BCUT2D eigenvalue weighted by atomic mass is 9.87. The second-order valence-electron chi connectivity index (χ2n) is 7.72. The van der Waals surface area contributed by atoms with Crippen LogP contribution in [0.15, 0.2) is 30.5 Å². The number of hydrogen-bond donors (Lipinski definition) is 1. The van der Waals surface area contributed by atoms with Gasteiger partial charge in [0, 0.05) is 44.3 Å². The van der Waals surface area contributed by atoms with E-state index in [-0.39, 0.29) is 23.4 Å². The highest BCUT2D eigenvalue weighted by Crippen LogP contribution is 2.36. The Bertz CT molecular complexity index is 836. The Kier molecular flexibility index (Phi) is 6.24. The van der Waals surface area contributed by atoms with Crippen molar-refractivity contribution in [1.29, 1.82) is 0 Å². The lowest BCUT2D eigenvalue weighted by molar-refractivity contribution is -0.146. The number of halogens is 1. The Morgan fingerprint density at radius 1 is 1.45 bits per heavy atom. The molecule has 1 amide bonds. The average Bonchev–Trinajstić information content (AvgIpc) is 3.34. The molecule has 2 aliphatic heterocycles. The number of carbonyl (C=O) groups is 1. The van der Waals surface area contributed by atoms with Crippen molar-refractivity contribution < 1.29 is 18.7 Å². The van der Waals surface area contributed by atoms with Crippen LogP contribution in [0.4, 0.5) is 9.52 Å². The summed E-state index contributed by atoms with van der Waals surface area (Å²) >= 11 is 1.45. The first-order valence-corrected chi connectivity index (χ1v) is 10.8. The van der Waals surface area contributed by atoms with Gasteiger partial charge in [-0.1, -0.05) is 12.1 Å². The van der Waals surface area contributed by atoms with Crippen LogP contribution < -0.4 is 5.32 Å². The van der Waals surface area contributed by atoms with Crippen molar-refractivity contribution in [3.63, 3.8) is 0 Å². The molecule has 3 heterocycles. The Morgan fingerprint density at radius 2 is 2.28 bits per heavy atom. The molecular formula is C21H26FN3O3S. The van der Waals surface area contributed by atoms with Gasteiger partial charge in [-0.05, 0) is 37.0 Å². The standard InChI is InChI=1S/C21H26FN3O3S/c1-27-18-7-9-25(14-21(18)8-2-10-28-21)13-19(26)24-20-23-12-17(29-20)11-15-3-5-16(22)6-4-15/h3-6,12,18H,2,7-11,13-14H2,1H3,(H,23,24,26)/t18-,21-/m0/s1. The first-order chi connectivity index (χ1) is 14.1. The average molecular weight is 420 g/mol. The van der Waals surface area contributed by atoms with E-state index in [1.807, 2.05) is 0 Å². The minimum absolute atomic E-state index is 0.0725. The van der Waals surface area contributed by atoms with E-state index in [9.17, 15) is 9.18 Å². The van der Waals surface area contributed by atoms with Gasteiger partial charge in [-0.25, -0.2) is 9.37 Å². The number of anilines is 1. The van der Waals surface area contributed by atoms with Gasteiger partial charge in [0.2, 0.25) is 5.91 Å². The van der Waals surface area contributed by atoms with Crippen LogP contribution in [0.25, 0.3) is 0 Å². The van der Waals surface area contributed by atoms with Gasteiger partial charge in [0.15, 0.2) is 5.13 Å². The SMILES string of the molecule is CO[C@H]1CCN(CC(=O)Nc2ncc(Cc3ccc(F)cc3)s2)C[C@@]12CCCO2. The van der Waals surface area contributed by atoms with Crippen LogP contribution in [0.5, 0.6) is 0 Å². The molecule has 6 nitrogen and oxygen atoms in total. The Labute approximate surface area is 174 Å². The minimum Gasteiger partial charge on any atom is -0.378 e. The monoisotopic (exact) mass is 419 g/mol. The number of nitrogens with zero attached hydrogens (tertiary/aromatic N) is 2. The Morgan fingerprint density at radius 3 is 3.00 bits per heavy atom. The molecule has 0 saturated carbocycles. The number of amides is 1. The maximum Gasteiger partial charge on any atom is 0.240 e. The molecule has 2 atom stereocenters. The van der Waals surface area contributed by atoms with Gasteiger partial charge in [0.05, 0.1) is 12.6 Å². The van der Waals surface area contributed by atoms with Crippen molar-refractivity contribution in [3.8, 4) is 0 Å². The van der Waals surface area contributed by atoms with Crippen LogP contribution in [0.1, 0.15) is 29.7 Å². The summed E-state index contributed by atoms with van der Waals surface area (Å²) in [6.45, 7) is 2.60. The number of piperidine rings is 1. The molecule has 2 saturated heterocycles. The molecule has 2 aliphatic rings. The predicted octanol–water partition coefficient (Wildman–Crippen LogP) is 3.08. The number of thiazole rings is 1. The summed E-state index contributed by atoms with van der Waals surface area (Å²) in [6, 6.07) is 6.43. The zero-order valence-corrected chi connectivity index (χ0v) is 17.3. The third-order valence-electron chi connectivity index (χ3n) is 5.66. The normalized spacial score (nSPS) is 24.8. The fraction of sp³-hybridized carbons (Fsp3) is 0.524. The van der Waals surface area contributed by atoms with Crippen molar-refractivity contribution in [3.05, 3.63) is 46.7 Å². The molecule has 8 heteroatoms. The third kappa shape index (κ3) is 4.83. The number of methoxy groups -OCH3 is 1. The van der Waals surface area contributed by atoms with Gasteiger partial charge in [-0.15, -0.1) is 11.3 Å². The van der Waals surface area contributed by atoms with Gasteiger partial charge in [0.1, 0.15) is 11.4 Å². The zero-order chi connectivity index (χ0) is 20.3. The molecule has 0 aliphatic carbocycles. The zero-order valence-electron chi connectivity index (χ0n) is 16.5. The summed E-state index contributed by atoms with van der Waals surface area (Å²) in [6.07, 6.45) is 5.40. The summed E-state index contributed by atoms with van der Waals surface area (Å²) in [7, 11) is 1.74. The van der Waals surface area contributed by atoms with Gasteiger partial charge in [-0.2, -0.15) is 0 Å². The molecule has 1 aromatic carbocycles. The number of rotatable bonds is 6. The molecule has 0 bridgehead atoms. The van der Waals surface area contributed by atoms with Crippen molar-refractivity contribution in [2.24, 2.45) is 0 Å². The van der Waals surface area contributed by atoms with E-state index in [0.717, 1.165) is 42.9 Å². The van der Waals surface area contributed by atoms with Crippen LogP contribution in [0, 0.1) is 5.82 Å². The lowest BCUT2D eigenvalue weighted by Gasteiger charge is -2.44. The summed E-state index contributed by atoms with van der Waals surface area (Å²) in [5.41, 5.74) is 0.729. The van der Waals surface area contributed by atoms with E-state index in [2.05, 4.69) is 15.2 Å². The molecule has 0 radical (unpaired) electrons. The van der Waals surface area contributed by atoms with E-state index in [0.29, 0.717) is 24.6 Å². The lowest BCUT2D eigenvalue weighted by Crippen LogP contribution is -2.58. The molecule has 1 aromatic heterocycles. The smallest absolute Gasteiger partial charge is 0.240 e. The highest BCUT2D eigenvalue weighted by atomic mass is 32.1. The van der Waals surface area contributed by atoms with Crippen molar-refractivity contribution in [1.82, 2.24) is 9.88 Å². The molecule has 2 aromatic rings. The quantitative estimate of drug-likeness (QED) is 0.780. The fourth-order valence-corrected chi connectivity index (χ4v) is 5.16. The van der Waals surface area contributed by atoms with E-state index in [4.69, 9.17) is 9.47 Å². The fourth-order valence-electron chi connectivity index (χ4n) is 4.30. The minimum atomic E-state index is -0.281. The van der Waals surface area contributed by atoms with Crippen LogP contribution in [0.2, 0.25) is 0 Å². The molecular weight excluding hydrogens is 393 g/mol. The maximum absolute atomic E-state index is 13.0. The largest absolute Gasteiger partial charge is 0.378 e. The highest BCUT2D eigenvalue weighted by Gasteiger charge is 2.47. The predicted molar refractivity (Wildman–Crippen MR) is 110 cm³/mol. The van der Waals surface area contributed by atoms with Crippen molar-refractivity contribution in [2.45, 2.75) is 37.4 Å². The van der Waals surface area contributed by atoms with E-state index in [1.165, 1.54) is 23.5 Å². The number of ether oxygens (including phenoxy) is 2. The van der Waals surface area contributed by atoms with Crippen LogP contribution >= 0.6 is 11.3 Å². The van der Waals surface area contributed by atoms with Crippen molar-refractivity contribution >= 4 is 22.4 Å². The molecule has 156 valence electrons. The van der Waals surface area contributed by atoms with Crippen LogP contribution in [0.3, 0.4) is 0 Å². The number of carbonyl (C=O) groups excluding carboxylic acids is 1. The number of benzene rings is 1. The first-order valence-electron chi connectivity index (χ1n) is 9.94. The van der Waals surface area contributed by atoms with E-state index < -0.39 is 0 Å². The van der Waals surface area contributed by atoms with Gasteiger partial charge >= 0.3 is 0 Å². The van der Waals surface area contributed by atoms with Gasteiger partial charge in [0.25, 0.3) is 0 Å². The molecule has 1 N–H and O–H groups in total. The summed E-state index contributed by atoms with van der Waals surface area (Å²) in [4.78, 5) is 20.0.